The van der Waals surface area contributed by atoms with E-state index in [1.165, 1.54) is 0 Å². The van der Waals surface area contributed by atoms with Crippen molar-refractivity contribution in [1.82, 2.24) is 14.8 Å². The predicted octanol–water partition coefficient (Wildman–Crippen LogP) is 6.42. The van der Waals surface area contributed by atoms with E-state index in [1.807, 2.05) is 41.1 Å². The molecule has 0 amide bonds. The summed E-state index contributed by atoms with van der Waals surface area (Å²) in [5, 5.41) is 9.46. The molecule has 0 spiro atoms. The number of fused-ring (bicyclic) bond motifs is 1. The molecule has 3 aromatic rings. The molecule has 1 N–H and O–H groups in total. The number of benzene rings is 2. The van der Waals surface area contributed by atoms with Gasteiger partial charge in [-0.2, -0.15) is 4.98 Å². The Labute approximate surface area is 221 Å². The highest BCUT2D eigenvalue weighted by molar-refractivity contribution is 9.10. The maximum absolute atomic E-state index is 13.1. The molecule has 0 saturated carbocycles. The summed E-state index contributed by atoms with van der Waals surface area (Å²) in [7, 11) is 1.61. The van der Waals surface area contributed by atoms with Gasteiger partial charge in [0.1, 0.15) is 12.6 Å². The first-order valence-electron chi connectivity index (χ1n) is 11.4. The Morgan fingerprint density at radius 1 is 1.26 bits per heavy atom. The number of allylic oxidation sites excluding steroid dienone is 2. The number of nitrogens with one attached hydrogen (secondary N) is 1. The first-order chi connectivity index (χ1) is 17.0. The molecule has 182 valence electrons. The summed E-state index contributed by atoms with van der Waals surface area (Å²) in [5.74, 6) is 2.80. The van der Waals surface area contributed by atoms with E-state index in [2.05, 4.69) is 33.2 Å². The molecule has 2 heterocycles. The van der Waals surface area contributed by atoms with Crippen LogP contribution in [-0.2, 0) is 11.4 Å². The fourth-order valence-electron chi connectivity index (χ4n) is 4.41. The zero-order valence-corrected chi connectivity index (χ0v) is 22.5. The number of rotatable bonds is 7. The lowest BCUT2D eigenvalue weighted by Gasteiger charge is -2.32. The molecule has 1 aromatic heterocycles. The van der Waals surface area contributed by atoms with Gasteiger partial charge in [-0.05, 0) is 69.9 Å². The van der Waals surface area contributed by atoms with Gasteiger partial charge in [-0.1, -0.05) is 42.4 Å². The van der Waals surface area contributed by atoms with Crippen molar-refractivity contribution in [3.8, 4) is 11.5 Å². The quantitative estimate of drug-likeness (QED) is 0.326. The molecule has 1 aliphatic heterocycles. The Bertz CT molecular complexity index is 1310. The Hall–Kier alpha value is -2.49. The summed E-state index contributed by atoms with van der Waals surface area (Å²) < 4.78 is 14.4. The number of halogens is 2. The van der Waals surface area contributed by atoms with E-state index in [4.69, 9.17) is 26.2 Å². The van der Waals surface area contributed by atoms with Gasteiger partial charge in [0.2, 0.25) is 11.1 Å². The number of hydrogen-bond acceptors (Lipinski definition) is 7. The zero-order chi connectivity index (χ0) is 24.5. The van der Waals surface area contributed by atoms with Crippen molar-refractivity contribution >= 4 is 51.0 Å². The van der Waals surface area contributed by atoms with Crippen LogP contribution in [0.5, 0.6) is 11.5 Å². The minimum atomic E-state index is -0.400. The highest BCUT2D eigenvalue weighted by atomic mass is 79.9. The van der Waals surface area contributed by atoms with E-state index >= 15 is 0 Å². The lowest BCUT2D eigenvalue weighted by Crippen LogP contribution is -2.31. The molecule has 1 unspecified atom stereocenters. The van der Waals surface area contributed by atoms with Crippen LogP contribution >= 0.6 is 39.3 Å². The van der Waals surface area contributed by atoms with Crippen LogP contribution in [0.15, 0.2) is 57.3 Å². The highest BCUT2D eigenvalue weighted by Gasteiger charge is 2.37. The van der Waals surface area contributed by atoms with Crippen molar-refractivity contribution in [1.29, 1.82) is 0 Å². The van der Waals surface area contributed by atoms with Crippen LogP contribution in [0.2, 0.25) is 5.02 Å². The number of aromatic nitrogens is 3. The third-order valence-electron chi connectivity index (χ3n) is 5.99. The number of carbonyl (C=O) groups excluding carboxylic acids is 1. The molecule has 0 fully saturated rings. The van der Waals surface area contributed by atoms with Crippen LogP contribution in [-0.4, -0.2) is 33.4 Å². The van der Waals surface area contributed by atoms with Crippen molar-refractivity contribution < 1.29 is 14.3 Å². The molecular formula is C25H24BrClN4O3S. The Morgan fingerprint density at radius 3 is 2.80 bits per heavy atom. The van der Waals surface area contributed by atoms with Gasteiger partial charge in [0.25, 0.3) is 0 Å². The molecule has 2 aliphatic rings. The van der Waals surface area contributed by atoms with Crippen LogP contribution in [0, 0.1) is 0 Å². The van der Waals surface area contributed by atoms with Gasteiger partial charge in [0.05, 0.1) is 11.6 Å². The second-order valence-electron chi connectivity index (χ2n) is 8.24. The molecular weight excluding hydrogens is 552 g/mol. The van der Waals surface area contributed by atoms with Crippen LogP contribution in [0.1, 0.15) is 43.4 Å². The Kier molecular flexibility index (Phi) is 7.09. The number of anilines is 1. The van der Waals surface area contributed by atoms with E-state index in [0.717, 1.165) is 45.5 Å². The molecule has 0 bridgehead atoms. The monoisotopic (exact) mass is 574 g/mol. The van der Waals surface area contributed by atoms with Crippen molar-refractivity contribution in [2.24, 2.45) is 0 Å². The number of nitrogens with zero attached hydrogens (tertiary/aromatic N) is 3. The van der Waals surface area contributed by atoms with Crippen molar-refractivity contribution in [3.63, 3.8) is 0 Å². The molecule has 35 heavy (non-hydrogen) atoms. The topological polar surface area (TPSA) is 78.3 Å². The fraction of sp³-hybridized carbons (Fsp3) is 0.320. The molecule has 0 radical (unpaired) electrons. The maximum Gasteiger partial charge on any atom is 0.227 e. The van der Waals surface area contributed by atoms with Gasteiger partial charge in [-0.25, -0.2) is 4.68 Å². The van der Waals surface area contributed by atoms with E-state index < -0.39 is 6.04 Å². The molecule has 7 nitrogen and oxygen atoms in total. The summed E-state index contributed by atoms with van der Waals surface area (Å²) in [6.07, 6.45) is 2.16. The van der Waals surface area contributed by atoms with Crippen molar-refractivity contribution in [3.05, 3.63) is 68.3 Å². The molecule has 1 atom stereocenters. The fourth-order valence-corrected chi connectivity index (χ4v) is 5.66. The van der Waals surface area contributed by atoms with Gasteiger partial charge in [0, 0.05) is 22.7 Å². The first kappa shape index (κ1) is 24.2. The summed E-state index contributed by atoms with van der Waals surface area (Å²) >= 11 is 11.2. The van der Waals surface area contributed by atoms with Crippen molar-refractivity contribution in [2.75, 3.05) is 18.2 Å². The number of methoxy groups -OCH3 is 1. The lowest BCUT2D eigenvalue weighted by molar-refractivity contribution is -0.116. The number of thioether (sulfide) groups is 1. The smallest absolute Gasteiger partial charge is 0.227 e. The van der Waals surface area contributed by atoms with E-state index in [0.29, 0.717) is 40.7 Å². The number of Topliss-reactive ketones (excluding diaryl/α,β-unsaturated/α-hetero) is 1. The average molecular weight is 576 g/mol. The maximum atomic E-state index is 13.1. The SMILES string of the molecule is CCSc1nc2n(n1)C(c1cc(Br)c(OCc3ccc(Cl)cc3)c(OC)c1)C1=C(CCCC1=O)N2. The minimum absolute atomic E-state index is 0.132. The van der Waals surface area contributed by atoms with Crippen LogP contribution in [0.3, 0.4) is 0 Å². The first-order valence-corrected chi connectivity index (χ1v) is 13.5. The summed E-state index contributed by atoms with van der Waals surface area (Å²) in [6.45, 7) is 2.42. The number of ether oxygens (including phenoxy) is 2. The van der Waals surface area contributed by atoms with E-state index in [-0.39, 0.29) is 5.78 Å². The third kappa shape index (κ3) is 4.81. The van der Waals surface area contributed by atoms with Gasteiger partial charge in [-0.3, -0.25) is 4.79 Å². The lowest BCUT2D eigenvalue weighted by atomic mass is 9.85. The van der Waals surface area contributed by atoms with Crippen LogP contribution < -0.4 is 14.8 Å². The van der Waals surface area contributed by atoms with Gasteiger partial charge in [-0.15, -0.1) is 5.10 Å². The largest absolute Gasteiger partial charge is 0.493 e. The average Bonchev–Trinajstić information content (AvgIpc) is 3.25. The Morgan fingerprint density at radius 2 is 2.06 bits per heavy atom. The standard InChI is InChI=1S/C25H24BrClN4O3S/c1-3-35-25-29-24-28-18-5-4-6-19(32)21(18)22(31(24)30-25)15-11-17(26)23(20(12-15)33-2)34-13-14-7-9-16(27)10-8-14/h7-12,22H,3-6,13H2,1-2H3,(H,28,29,30). The summed E-state index contributed by atoms with van der Waals surface area (Å²) in [5.41, 5.74) is 3.53. The molecule has 5 rings (SSSR count). The van der Waals surface area contributed by atoms with Gasteiger partial charge in [0.15, 0.2) is 17.3 Å². The summed E-state index contributed by atoms with van der Waals surface area (Å²) in [4.78, 5) is 17.8. The molecule has 1 aliphatic carbocycles. The number of ketones is 1. The second-order valence-corrected chi connectivity index (χ2v) is 10.8. The predicted molar refractivity (Wildman–Crippen MR) is 141 cm³/mol. The highest BCUT2D eigenvalue weighted by Crippen LogP contribution is 2.45. The molecule has 2 aromatic carbocycles. The molecule has 10 heteroatoms. The number of hydrogen-bond donors (Lipinski definition) is 1. The normalized spacial score (nSPS) is 17.0. The van der Waals surface area contributed by atoms with Crippen LogP contribution in [0.25, 0.3) is 0 Å². The van der Waals surface area contributed by atoms with Crippen LogP contribution in [0.4, 0.5) is 5.95 Å². The zero-order valence-electron chi connectivity index (χ0n) is 19.3. The number of carbonyl (C=O) groups is 1. The second kappa shape index (κ2) is 10.2. The minimum Gasteiger partial charge on any atom is -0.493 e. The van der Waals surface area contributed by atoms with E-state index in [1.54, 1.807) is 18.9 Å². The molecule has 0 saturated heterocycles. The van der Waals surface area contributed by atoms with Gasteiger partial charge >= 0.3 is 0 Å². The summed E-state index contributed by atoms with van der Waals surface area (Å²) in [6, 6.07) is 11.0. The Balaban J connectivity index is 1.54. The third-order valence-corrected chi connectivity index (χ3v) is 7.55. The van der Waals surface area contributed by atoms with Crippen molar-refractivity contribution in [2.45, 2.75) is 44.0 Å². The van der Waals surface area contributed by atoms with E-state index in [9.17, 15) is 4.79 Å². The van der Waals surface area contributed by atoms with Gasteiger partial charge < -0.3 is 14.8 Å².